The maximum absolute atomic E-state index is 14.8. The van der Waals surface area contributed by atoms with Crippen molar-refractivity contribution in [3.05, 3.63) is 106 Å². The highest BCUT2D eigenvalue weighted by Crippen LogP contribution is 2.35. The summed E-state index contributed by atoms with van der Waals surface area (Å²) in [5.74, 6) is -2.81. The van der Waals surface area contributed by atoms with E-state index in [1.165, 1.54) is 9.47 Å². The number of amides is 8. The van der Waals surface area contributed by atoms with Gasteiger partial charge in [-0.05, 0) is 126 Å². The van der Waals surface area contributed by atoms with Gasteiger partial charge in [0.15, 0.2) is 0 Å². The van der Waals surface area contributed by atoms with Crippen LogP contribution in [0.15, 0.2) is 83.7 Å². The number of aryl methyl sites for hydroxylation is 1. The second kappa shape index (κ2) is 22.8. The van der Waals surface area contributed by atoms with E-state index in [9.17, 15) is 43.2 Å². The van der Waals surface area contributed by atoms with E-state index in [4.69, 9.17) is 10.5 Å². The van der Waals surface area contributed by atoms with Crippen molar-refractivity contribution in [2.24, 2.45) is 24.6 Å². The molecule has 0 spiro atoms. The van der Waals surface area contributed by atoms with E-state index in [0.29, 0.717) is 29.8 Å². The number of imidazole rings is 1. The summed E-state index contributed by atoms with van der Waals surface area (Å²) in [6, 6.07) is 19.4. The van der Waals surface area contributed by atoms with Gasteiger partial charge in [-0.2, -0.15) is 0 Å². The van der Waals surface area contributed by atoms with Crippen LogP contribution in [0.1, 0.15) is 127 Å². The van der Waals surface area contributed by atoms with E-state index in [1.807, 2.05) is 78.9 Å². The molecule has 3 aromatic carbocycles. The number of ether oxygens (including phenoxy) is 1. The molecule has 4 aliphatic rings. The second-order valence-electron chi connectivity index (χ2n) is 21.4. The number of hydrogen-bond donors (Lipinski definition) is 5. The normalized spacial score (nSPS) is 22.8. The molecule has 1 unspecified atom stereocenters. The summed E-state index contributed by atoms with van der Waals surface area (Å²) in [5.41, 5.74) is 8.36. The number of benzene rings is 3. The Kier molecular flexibility index (Phi) is 16.4. The van der Waals surface area contributed by atoms with Gasteiger partial charge in [-0.1, -0.05) is 66.7 Å². The van der Waals surface area contributed by atoms with Crippen molar-refractivity contribution in [2.75, 3.05) is 13.1 Å². The molecule has 0 bridgehead atoms. The molecule has 6 N–H and O–H groups in total. The molecule has 1 aliphatic carbocycles. The fourth-order valence-corrected chi connectivity index (χ4v) is 11.2. The van der Waals surface area contributed by atoms with Crippen LogP contribution in [0, 0.1) is 11.8 Å². The number of nitrogens with two attached hydrogens (primary N) is 1. The van der Waals surface area contributed by atoms with E-state index in [2.05, 4.69) is 21.3 Å². The maximum Gasteiger partial charge on any atom is 0.408 e. The van der Waals surface area contributed by atoms with Crippen molar-refractivity contribution in [1.29, 1.82) is 0 Å². The quantitative estimate of drug-likeness (QED) is 0.106. The zero-order chi connectivity index (χ0) is 52.8. The molecule has 8 rings (SSSR count). The van der Waals surface area contributed by atoms with Gasteiger partial charge in [0, 0.05) is 38.9 Å². The molecule has 394 valence electrons. The van der Waals surface area contributed by atoms with Gasteiger partial charge in [0.1, 0.15) is 29.8 Å². The predicted molar refractivity (Wildman–Crippen MR) is 274 cm³/mol. The fraction of sp³-hybridized carbons (Fsp3) is 0.509. The fourth-order valence-electron chi connectivity index (χ4n) is 11.2. The van der Waals surface area contributed by atoms with Gasteiger partial charge in [0.05, 0.1) is 23.6 Å². The summed E-state index contributed by atoms with van der Waals surface area (Å²) < 4.78 is 8.59. The van der Waals surface area contributed by atoms with Crippen LogP contribution in [-0.2, 0) is 51.8 Å². The number of primary amides is 1. The van der Waals surface area contributed by atoms with Crippen molar-refractivity contribution < 1.29 is 43.1 Å². The van der Waals surface area contributed by atoms with Crippen LogP contribution in [-0.4, -0.2) is 109 Å². The number of imide groups is 1. The van der Waals surface area contributed by atoms with Gasteiger partial charge in [-0.15, -0.1) is 0 Å². The zero-order valence-corrected chi connectivity index (χ0v) is 42.7. The van der Waals surface area contributed by atoms with Crippen LogP contribution < -0.4 is 32.7 Å². The monoisotopic (exact) mass is 1020 g/mol. The number of nitrogens with zero attached hydrogens (tertiary/aromatic N) is 4. The largest absolute Gasteiger partial charge is 0.444 e. The molecule has 4 aromatic rings. The van der Waals surface area contributed by atoms with Gasteiger partial charge in [0.25, 0.3) is 0 Å². The predicted octanol–water partition coefficient (Wildman–Crippen LogP) is 4.20. The lowest BCUT2D eigenvalue weighted by Crippen LogP contribution is -2.62. The smallest absolute Gasteiger partial charge is 0.408 e. The molecule has 5 atom stereocenters. The number of nitrogens with one attached hydrogen (secondary N) is 4. The minimum atomic E-state index is -1.25. The minimum absolute atomic E-state index is 0.0842. The molecule has 3 aliphatic heterocycles. The maximum atomic E-state index is 14.8. The number of carbonyl (C=O) groups excluding carboxylic acids is 8. The van der Waals surface area contributed by atoms with Crippen LogP contribution in [0.5, 0.6) is 0 Å². The van der Waals surface area contributed by atoms with Crippen molar-refractivity contribution >= 4 is 58.5 Å². The molecule has 1 aromatic heterocycles. The van der Waals surface area contributed by atoms with Gasteiger partial charge in [-0.25, -0.2) is 9.59 Å². The van der Waals surface area contributed by atoms with Crippen molar-refractivity contribution in [2.45, 2.75) is 146 Å². The number of aromatic nitrogens is 2. The van der Waals surface area contributed by atoms with E-state index in [-0.39, 0.29) is 75.0 Å². The average Bonchev–Trinajstić information content (AvgIpc) is 3.89. The Bertz CT molecular complexity index is 2780. The van der Waals surface area contributed by atoms with Crippen molar-refractivity contribution in [3.8, 4) is 0 Å². The first-order valence-corrected chi connectivity index (χ1v) is 26.0. The third kappa shape index (κ3) is 12.5. The first-order valence-electron chi connectivity index (χ1n) is 26.0. The van der Waals surface area contributed by atoms with Crippen molar-refractivity contribution in [1.82, 2.24) is 40.2 Å². The Labute approximate surface area is 430 Å². The summed E-state index contributed by atoms with van der Waals surface area (Å²) in [7, 11) is 1.68. The van der Waals surface area contributed by atoms with E-state index in [0.717, 1.165) is 48.8 Å². The topological polar surface area (TPSA) is 253 Å². The highest BCUT2D eigenvalue weighted by molar-refractivity contribution is 6.00. The van der Waals surface area contributed by atoms with E-state index >= 15 is 0 Å². The minimum Gasteiger partial charge on any atom is -0.444 e. The molecule has 4 heterocycles. The third-order valence-corrected chi connectivity index (χ3v) is 15.0. The van der Waals surface area contributed by atoms with Crippen LogP contribution in [0.4, 0.5) is 4.79 Å². The zero-order valence-electron chi connectivity index (χ0n) is 42.7. The number of fused-ring (bicyclic) bond motifs is 2. The Morgan fingerprint density at radius 2 is 1.46 bits per heavy atom. The van der Waals surface area contributed by atoms with E-state index in [1.54, 1.807) is 37.3 Å². The Hall–Kier alpha value is -7.31. The number of piperidine rings is 1. The summed E-state index contributed by atoms with van der Waals surface area (Å²) in [6.45, 7) is 5.25. The second-order valence-corrected chi connectivity index (χ2v) is 21.4. The van der Waals surface area contributed by atoms with Gasteiger partial charge in [-0.3, -0.25) is 48.0 Å². The number of carbonyl (C=O) groups is 8. The summed E-state index contributed by atoms with van der Waals surface area (Å²) in [5, 5.41) is 11.0. The third-order valence-electron chi connectivity index (χ3n) is 15.0. The van der Waals surface area contributed by atoms with Crippen molar-refractivity contribution in [3.63, 3.8) is 0 Å². The molecule has 19 nitrogen and oxygen atoms in total. The molecule has 4 fully saturated rings. The van der Waals surface area contributed by atoms with Gasteiger partial charge >= 0.3 is 11.8 Å². The first-order chi connectivity index (χ1) is 35.3. The molecule has 0 radical (unpaired) electrons. The van der Waals surface area contributed by atoms with Crippen LogP contribution in [0.3, 0.4) is 0 Å². The van der Waals surface area contributed by atoms with Gasteiger partial charge in [0.2, 0.25) is 41.4 Å². The van der Waals surface area contributed by atoms with E-state index < -0.39 is 77.5 Å². The molecule has 3 saturated heterocycles. The first kappa shape index (κ1) is 53.0. The Balaban J connectivity index is 0.918. The Morgan fingerprint density at radius 1 is 0.797 bits per heavy atom. The molecule has 8 amide bonds. The molecular formula is C55H69N9O10. The molecule has 74 heavy (non-hydrogen) atoms. The standard InChI is InChI=1S/C55H69N9O10/c1-55(2,3)74-53(72)58-40-32-62(47(67)31-34-17-15-33(16-18-34)29-35-19-22-41-44(30-35)61(4)54(73)64(41)43-24-26-46(66)59-51(43)70)28-27-38-20-23-42(63(38)52(40)71)50(69)57-39(21-25-45(56)65)49(68)60-48(36-11-7-5-8-12-36)37-13-9-6-10-14-37/h5-14,19,22,30,33-34,38-40,42-43,48H,15-18,20-21,23-29,31-32H2,1-4H3,(H2,56,65)(H,57,69)(H,58,72)(H,60,68)(H,59,66,70)/t33?,34?,38-,39+,40+,42+,43?/m1/s1. The molecule has 19 heteroatoms. The lowest BCUT2D eigenvalue weighted by atomic mass is 9.78. The van der Waals surface area contributed by atoms with Crippen LogP contribution in [0.25, 0.3) is 11.0 Å². The summed E-state index contributed by atoms with van der Waals surface area (Å²) >= 11 is 0. The summed E-state index contributed by atoms with van der Waals surface area (Å²) in [4.78, 5) is 124. The SMILES string of the molecule is Cn1c(=O)n(C2CCC(=O)NC2=O)c2ccc(CC3CCC(CC(=O)N4CC[C@H]5CC[C@@H](C(=O)N[C@@H](CCC(N)=O)C(=O)NC(c6ccccc6)c6ccccc6)N5C(=O)[C@@H](NC(=O)OC(C)(C)C)C4)CC3)cc21. The Morgan fingerprint density at radius 3 is 2.09 bits per heavy atom. The lowest BCUT2D eigenvalue weighted by Gasteiger charge is -2.39. The summed E-state index contributed by atoms with van der Waals surface area (Å²) in [6.07, 6.45) is 4.87. The average molecular weight is 1020 g/mol. The number of hydrogen-bond acceptors (Lipinski definition) is 10. The van der Waals surface area contributed by atoms with Crippen LogP contribution in [0.2, 0.25) is 0 Å². The highest BCUT2D eigenvalue weighted by Gasteiger charge is 2.46. The molecular weight excluding hydrogens is 947 g/mol. The lowest BCUT2D eigenvalue weighted by molar-refractivity contribution is -0.146. The highest BCUT2D eigenvalue weighted by atomic mass is 16.6. The molecule has 1 saturated carbocycles. The number of alkyl carbamates (subject to hydrolysis) is 1. The van der Waals surface area contributed by atoms with Crippen LogP contribution >= 0.6 is 0 Å². The van der Waals surface area contributed by atoms with Gasteiger partial charge < -0.3 is 36.2 Å². The number of rotatable bonds is 15.